The van der Waals surface area contributed by atoms with E-state index >= 15 is 4.39 Å². The number of aromatic nitrogens is 1. The van der Waals surface area contributed by atoms with Gasteiger partial charge in [-0.1, -0.05) is 45.0 Å². The molecule has 1 heterocycles. The molecule has 2 atom stereocenters. The van der Waals surface area contributed by atoms with Gasteiger partial charge in [-0.3, -0.25) is 4.79 Å². The van der Waals surface area contributed by atoms with Crippen molar-refractivity contribution in [3.05, 3.63) is 94.6 Å². The summed E-state index contributed by atoms with van der Waals surface area (Å²) < 4.78 is 78.2. The van der Waals surface area contributed by atoms with Crippen molar-refractivity contribution in [2.24, 2.45) is 5.92 Å². The van der Waals surface area contributed by atoms with Crippen molar-refractivity contribution in [2.75, 3.05) is 12.4 Å². The quantitative estimate of drug-likeness (QED) is 0.276. The zero-order valence-electron chi connectivity index (χ0n) is 22.2. The molecule has 0 fully saturated rings. The third-order valence-corrected chi connectivity index (χ3v) is 8.12. The number of sulfone groups is 1. The van der Waals surface area contributed by atoms with Crippen LogP contribution in [-0.2, 0) is 22.6 Å². The molecule has 1 amide bonds. The van der Waals surface area contributed by atoms with E-state index in [4.69, 9.17) is 0 Å². The minimum atomic E-state index is -4.58. The number of hydrogen-bond donors (Lipinski definition) is 3. The van der Waals surface area contributed by atoms with E-state index in [1.54, 1.807) is 0 Å². The normalized spacial score (nSPS) is 13.7. The van der Waals surface area contributed by atoms with Crippen LogP contribution >= 0.6 is 0 Å². The lowest BCUT2D eigenvalue weighted by Gasteiger charge is -2.24. The van der Waals surface area contributed by atoms with Gasteiger partial charge in [0.1, 0.15) is 11.5 Å². The summed E-state index contributed by atoms with van der Waals surface area (Å²) >= 11 is 0. The van der Waals surface area contributed by atoms with Crippen LogP contribution in [0.4, 0.5) is 17.6 Å². The lowest BCUT2D eigenvalue weighted by atomic mass is 9.94. The van der Waals surface area contributed by atoms with E-state index in [2.05, 4.69) is 15.6 Å². The van der Waals surface area contributed by atoms with Gasteiger partial charge in [0.2, 0.25) is 0 Å². The molecule has 0 aliphatic carbocycles. The third kappa shape index (κ3) is 7.64. The van der Waals surface area contributed by atoms with Gasteiger partial charge in [0.15, 0.2) is 9.84 Å². The maximum Gasteiger partial charge on any atom is 0.433 e. The molecule has 0 spiro atoms. The van der Waals surface area contributed by atoms with Gasteiger partial charge in [-0.2, -0.15) is 13.2 Å². The van der Waals surface area contributed by atoms with E-state index < -0.39 is 52.1 Å². The minimum absolute atomic E-state index is 0.00747. The van der Waals surface area contributed by atoms with Gasteiger partial charge in [-0.05, 0) is 47.9 Å². The predicted molar refractivity (Wildman–Crippen MR) is 142 cm³/mol. The summed E-state index contributed by atoms with van der Waals surface area (Å²) in [7, 11) is -3.41. The lowest BCUT2D eigenvalue weighted by Crippen LogP contribution is -2.31. The summed E-state index contributed by atoms with van der Waals surface area (Å²) in [5.74, 6) is -1.57. The number of nitrogens with one attached hydrogen (secondary N) is 2. The first-order valence-corrected chi connectivity index (χ1v) is 14.2. The Morgan fingerprint density at radius 2 is 1.73 bits per heavy atom. The molecule has 0 aliphatic rings. The lowest BCUT2D eigenvalue weighted by molar-refractivity contribution is -0.141. The van der Waals surface area contributed by atoms with Crippen LogP contribution < -0.4 is 10.6 Å². The fraction of sp³-hybridized carbons (Fsp3) is 0.357. The van der Waals surface area contributed by atoms with Gasteiger partial charge >= 0.3 is 6.18 Å². The molecule has 2 aromatic carbocycles. The summed E-state index contributed by atoms with van der Waals surface area (Å²) in [6.45, 7) is 4.65. The molecule has 0 aliphatic heterocycles. The van der Waals surface area contributed by atoms with Crippen molar-refractivity contribution in [3.63, 3.8) is 0 Å². The second-order valence-electron chi connectivity index (χ2n) is 9.53. The molecule has 0 bridgehead atoms. The highest BCUT2D eigenvalue weighted by molar-refractivity contribution is 7.91. The number of amides is 1. The van der Waals surface area contributed by atoms with Crippen molar-refractivity contribution in [1.29, 1.82) is 0 Å². The number of aliphatic hydroxyl groups is 1. The van der Waals surface area contributed by atoms with Crippen molar-refractivity contribution < 1.29 is 35.9 Å². The second kappa shape index (κ2) is 12.9. The fourth-order valence-electron chi connectivity index (χ4n) is 4.13. The van der Waals surface area contributed by atoms with E-state index in [1.165, 1.54) is 55.5 Å². The van der Waals surface area contributed by atoms with E-state index in [0.717, 1.165) is 12.1 Å². The first-order valence-electron chi connectivity index (χ1n) is 12.6. The Bertz CT molecular complexity index is 1430. The standard InChI is InChI=1S/C28H31F4N3O4S/c1-4-40(38,39)21-11-8-18(9-12-21)24(16-36)35-27(37)19-10-13-22(23(29)14-19)26(17(2)3)33-15-20-6-5-7-25(34-20)28(30,31)32/h5-14,17,24,26,33,36H,4,15-16H2,1-3H3,(H,35,37)/t24-,26?/m0/s1. The van der Waals surface area contributed by atoms with Crippen molar-refractivity contribution in [3.8, 4) is 0 Å². The Morgan fingerprint density at radius 3 is 2.27 bits per heavy atom. The summed E-state index contributed by atoms with van der Waals surface area (Å²) in [5.41, 5.74) is -0.183. The monoisotopic (exact) mass is 581 g/mol. The molecule has 12 heteroatoms. The smallest absolute Gasteiger partial charge is 0.394 e. The molecule has 3 rings (SSSR count). The number of pyridine rings is 1. The van der Waals surface area contributed by atoms with Crippen LogP contribution in [-0.4, -0.2) is 36.8 Å². The molecular formula is C28H31F4N3O4S. The molecule has 40 heavy (non-hydrogen) atoms. The summed E-state index contributed by atoms with van der Waals surface area (Å²) in [6, 6.07) is 11.8. The molecule has 0 saturated carbocycles. The number of halogens is 4. The SMILES string of the molecule is CCS(=O)(=O)c1ccc([C@H](CO)NC(=O)c2ccc(C(NCc3cccc(C(F)(F)F)n3)C(C)C)c(F)c2)cc1. The third-order valence-electron chi connectivity index (χ3n) is 6.37. The number of carbonyl (C=O) groups excluding carboxylic acids is 1. The molecule has 3 N–H and O–H groups in total. The average Bonchev–Trinajstić information content (AvgIpc) is 2.92. The van der Waals surface area contributed by atoms with Crippen LogP contribution in [0.3, 0.4) is 0 Å². The minimum Gasteiger partial charge on any atom is -0.394 e. The van der Waals surface area contributed by atoms with Crippen molar-refractivity contribution >= 4 is 15.7 Å². The molecule has 1 aromatic heterocycles. The number of alkyl halides is 3. The van der Waals surface area contributed by atoms with Gasteiger partial charge in [-0.15, -0.1) is 0 Å². The van der Waals surface area contributed by atoms with E-state index in [0.29, 0.717) is 5.56 Å². The van der Waals surface area contributed by atoms with Crippen LogP contribution in [0.25, 0.3) is 0 Å². The number of benzene rings is 2. The second-order valence-corrected chi connectivity index (χ2v) is 11.8. The van der Waals surface area contributed by atoms with Gasteiger partial charge in [0, 0.05) is 23.7 Å². The fourth-order valence-corrected chi connectivity index (χ4v) is 5.01. The molecule has 0 radical (unpaired) electrons. The molecule has 216 valence electrons. The van der Waals surface area contributed by atoms with Gasteiger partial charge < -0.3 is 15.7 Å². The van der Waals surface area contributed by atoms with Crippen LogP contribution in [0.1, 0.15) is 65.7 Å². The zero-order chi connectivity index (χ0) is 29.7. The average molecular weight is 582 g/mol. The predicted octanol–water partition coefficient (Wildman–Crippen LogP) is 4.98. The summed E-state index contributed by atoms with van der Waals surface area (Å²) in [6.07, 6.45) is -4.58. The Balaban J connectivity index is 1.74. The molecule has 1 unspecified atom stereocenters. The van der Waals surface area contributed by atoms with E-state index in [-0.39, 0.29) is 39.9 Å². The molecule has 3 aromatic rings. The largest absolute Gasteiger partial charge is 0.433 e. The molecule has 7 nitrogen and oxygen atoms in total. The summed E-state index contributed by atoms with van der Waals surface area (Å²) in [4.78, 5) is 16.6. The first-order chi connectivity index (χ1) is 18.8. The number of rotatable bonds is 11. The van der Waals surface area contributed by atoms with Crippen LogP contribution in [0.2, 0.25) is 0 Å². The van der Waals surface area contributed by atoms with E-state index in [1.807, 2.05) is 13.8 Å². The highest BCUT2D eigenvalue weighted by Gasteiger charge is 2.32. The Hall–Kier alpha value is -3.35. The maximum atomic E-state index is 15.2. The van der Waals surface area contributed by atoms with Gasteiger partial charge in [0.25, 0.3) is 5.91 Å². The van der Waals surface area contributed by atoms with Crippen molar-refractivity contribution in [2.45, 2.75) is 50.5 Å². The first kappa shape index (κ1) is 31.2. The number of nitrogens with zero attached hydrogens (tertiary/aromatic N) is 1. The molecular weight excluding hydrogens is 550 g/mol. The Morgan fingerprint density at radius 1 is 1.05 bits per heavy atom. The maximum absolute atomic E-state index is 15.2. The number of carbonyl (C=O) groups is 1. The molecule has 0 saturated heterocycles. The topological polar surface area (TPSA) is 108 Å². The van der Waals surface area contributed by atoms with Crippen LogP contribution in [0.15, 0.2) is 65.6 Å². The van der Waals surface area contributed by atoms with Crippen molar-refractivity contribution in [1.82, 2.24) is 15.6 Å². The van der Waals surface area contributed by atoms with E-state index in [9.17, 15) is 31.5 Å². The van der Waals surface area contributed by atoms with Gasteiger partial charge in [-0.25, -0.2) is 17.8 Å². The summed E-state index contributed by atoms with van der Waals surface area (Å²) in [5, 5.41) is 15.5. The van der Waals surface area contributed by atoms with Crippen LogP contribution in [0.5, 0.6) is 0 Å². The van der Waals surface area contributed by atoms with Crippen LogP contribution in [0, 0.1) is 11.7 Å². The number of hydrogen-bond acceptors (Lipinski definition) is 6. The highest BCUT2D eigenvalue weighted by Crippen LogP contribution is 2.29. The highest BCUT2D eigenvalue weighted by atomic mass is 32.2. The van der Waals surface area contributed by atoms with Gasteiger partial charge in [0.05, 0.1) is 29.0 Å². The Kier molecular flexibility index (Phi) is 10.0. The Labute approximate surface area is 230 Å². The zero-order valence-corrected chi connectivity index (χ0v) is 23.0. The number of aliphatic hydroxyl groups excluding tert-OH is 1.